The van der Waals surface area contributed by atoms with Crippen molar-refractivity contribution in [2.24, 2.45) is 0 Å². The molecule has 0 saturated carbocycles. The molecule has 1 N–H and O–H groups in total. The molecule has 0 heterocycles. The summed E-state index contributed by atoms with van der Waals surface area (Å²) < 4.78 is 36.1. The standard InChI is InChI=1S/C10H20F3NS/c1-3-7-14-9(5-8-15-2)4-6-10(11,12)13/h9,14H,3-8H2,1-2H3. The lowest BCUT2D eigenvalue weighted by Gasteiger charge is -2.18. The van der Waals surface area contributed by atoms with Crippen LogP contribution in [0.4, 0.5) is 13.2 Å². The van der Waals surface area contributed by atoms with Gasteiger partial charge >= 0.3 is 6.18 Å². The maximum absolute atomic E-state index is 12.0. The molecule has 0 fully saturated rings. The van der Waals surface area contributed by atoms with Crippen LogP contribution >= 0.6 is 11.8 Å². The molecule has 0 rings (SSSR count). The lowest BCUT2D eigenvalue weighted by Crippen LogP contribution is -2.31. The summed E-state index contributed by atoms with van der Waals surface area (Å²) in [5.74, 6) is 0.916. The van der Waals surface area contributed by atoms with Crippen molar-refractivity contribution in [1.82, 2.24) is 5.32 Å². The summed E-state index contributed by atoms with van der Waals surface area (Å²) in [5, 5.41) is 3.16. The Bertz CT molecular complexity index is 142. The maximum atomic E-state index is 12.0. The van der Waals surface area contributed by atoms with Crippen LogP contribution in [0.3, 0.4) is 0 Å². The first-order valence-corrected chi connectivity index (χ1v) is 6.68. The van der Waals surface area contributed by atoms with Crippen molar-refractivity contribution in [3.8, 4) is 0 Å². The van der Waals surface area contributed by atoms with Gasteiger partial charge < -0.3 is 5.32 Å². The van der Waals surface area contributed by atoms with E-state index in [1.165, 1.54) is 0 Å². The first-order valence-electron chi connectivity index (χ1n) is 5.28. The lowest BCUT2D eigenvalue weighted by atomic mass is 10.1. The third kappa shape index (κ3) is 10.4. The maximum Gasteiger partial charge on any atom is 0.389 e. The average molecular weight is 243 g/mol. The molecule has 0 spiro atoms. The van der Waals surface area contributed by atoms with Gasteiger partial charge in [0.25, 0.3) is 0 Å². The van der Waals surface area contributed by atoms with Gasteiger partial charge in [-0.15, -0.1) is 0 Å². The average Bonchev–Trinajstić information content (AvgIpc) is 2.15. The highest BCUT2D eigenvalue weighted by atomic mass is 32.2. The smallest absolute Gasteiger partial charge is 0.314 e. The highest BCUT2D eigenvalue weighted by Crippen LogP contribution is 2.23. The fourth-order valence-electron chi connectivity index (χ4n) is 1.29. The third-order valence-electron chi connectivity index (χ3n) is 2.13. The predicted molar refractivity (Wildman–Crippen MR) is 60.4 cm³/mol. The lowest BCUT2D eigenvalue weighted by molar-refractivity contribution is -0.136. The Labute approximate surface area is 94.2 Å². The molecule has 0 aromatic carbocycles. The molecule has 0 bridgehead atoms. The van der Waals surface area contributed by atoms with Crippen LogP contribution in [0.1, 0.15) is 32.6 Å². The molecule has 1 atom stereocenters. The molecule has 0 aliphatic rings. The quantitative estimate of drug-likeness (QED) is 0.700. The van der Waals surface area contributed by atoms with Gasteiger partial charge in [-0.3, -0.25) is 0 Å². The molecule has 92 valence electrons. The van der Waals surface area contributed by atoms with Crippen LogP contribution < -0.4 is 5.32 Å². The number of thioether (sulfide) groups is 1. The van der Waals surface area contributed by atoms with E-state index < -0.39 is 12.6 Å². The zero-order valence-electron chi connectivity index (χ0n) is 9.36. The SMILES string of the molecule is CCCNC(CCSC)CCC(F)(F)F. The summed E-state index contributed by atoms with van der Waals surface area (Å²) in [6.45, 7) is 2.82. The number of hydrogen-bond donors (Lipinski definition) is 1. The number of alkyl halides is 3. The Morgan fingerprint density at radius 2 is 1.93 bits per heavy atom. The minimum absolute atomic E-state index is 0.0130. The van der Waals surface area contributed by atoms with Gasteiger partial charge in [0.05, 0.1) is 0 Å². The van der Waals surface area contributed by atoms with E-state index in [2.05, 4.69) is 5.32 Å². The van der Waals surface area contributed by atoms with Crippen molar-refractivity contribution >= 4 is 11.8 Å². The normalized spacial score (nSPS) is 14.2. The van der Waals surface area contributed by atoms with Crippen LogP contribution in [-0.4, -0.2) is 30.8 Å². The highest BCUT2D eigenvalue weighted by molar-refractivity contribution is 7.98. The topological polar surface area (TPSA) is 12.0 Å². The van der Waals surface area contributed by atoms with E-state index in [1.807, 2.05) is 13.2 Å². The van der Waals surface area contributed by atoms with E-state index >= 15 is 0 Å². The number of hydrogen-bond acceptors (Lipinski definition) is 2. The monoisotopic (exact) mass is 243 g/mol. The number of rotatable bonds is 8. The van der Waals surface area contributed by atoms with Gasteiger partial charge in [-0.2, -0.15) is 24.9 Å². The fourth-order valence-corrected chi connectivity index (χ4v) is 1.82. The summed E-state index contributed by atoms with van der Waals surface area (Å²) in [6.07, 6.45) is -0.752. The zero-order chi connectivity index (χ0) is 11.7. The number of halogens is 3. The van der Waals surface area contributed by atoms with Gasteiger partial charge in [0.15, 0.2) is 0 Å². The molecule has 1 nitrogen and oxygen atoms in total. The summed E-state index contributed by atoms with van der Waals surface area (Å²) >= 11 is 1.68. The Balaban J connectivity index is 3.78. The van der Waals surface area contributed by atoms with E-state index in [1.54, 1.807) is 11.8 Å². The molecular formula is C10H20F3NS. The molecule has 0 aliphatic heterocycles. The Morgan fingerprint density at radius 1 is 1.27 bits per heavy atom. The summed E-state index contributed by atoms with van der Waals surface area (Å²) in [5.41, 5.74) is 0. The van der Waals surface area contributed by atoms with Gasteiger partial charge in [-0.05, 0) is 37.8 Å². The van der Waals surface area contributed by atoms with Crippen LogP contribution in [0.2, 0.25) is 0 Å². The largest absolute Gasteiger partial charge is 0.389 e. The molecule has 5 heteroatoms. The van der Waals surface area contributed by atoms with Gasteiger partial charge in [0.1, 0.15) is 0 Å². The van der Waals surface area contributed by atoms with E-state index in [0.717, 1.165) is 25.1 Å². The molecule has 0 saturated heterocycles. The van der Waals surface area contributed by atoms with Crippen molar-refractivity contribution in [2.45, 2.75) is 44.8 Å². The third-order valence-corrected chi connectivity index (χ3v) is 2.77. The molecule has 15 heavy (non-hydrogen) atoms. The second-order valence-corrected chi connectivity index (χ2v) is 4.57. The molecule has 0 aromatic heterocycles. The van der Waals surface area contributed by atoms with Gasteiger partial charge in [-0.1, -0.05) is 6.92 Å². The van der Waals surface area contributed by atoms with Crippen LogP contribution in [0.15, 0.2) is 0 Å². The molecular weight excluding hydrogens is 223 g/mol. The molecule has 1 unspecified atom stereocenters. The van der Waals surface area contributed by atoms with E-state index in [-0.39, 0.29) is 12.5 Å². The van der Waals surface area contributed by atoms with Crippen molar-refractivity contribution in [1.29, 1.82) is 0 Å². The molecule has 0 aromatic rings. The highest BCUT2D eigenvalue weighted by Gasteiger charge is 2.27. The van der Waals surface area contributed by atoms with Crippen LogP contribution in [0.5, 0.6) is 0 Å². The van der Waals surface area contributed by atoms with Crippen molar-refractivity contribution < 1.29 is 13.2 Å². The van der Waals surface area contributed by atoms with Gasteiger partial charge in [-0.25, -0.2) is 0 Å². The van der Waals surface area contributed by atoms with E-state index in [9.17, 15) is 13.2 Å². The molecule has 0 radical (unpaired) electrons. The Morgan fingerprint density at radius 3 is 2.40 bits per heavy atom. The van der Waals surface area contributed by atoms with Crippen LogP contribution in [-0.2, 0) is 0 Å². The molecule has 0 aliphatic carbocycles. The van der Waals surface area contributed by atoms with Crippen LogP contribution in [0, 0.1) is 0 Å². The molecule has 0 amide bonds. The Kier molecular flexibility index (Phi) is 8.33. The first kappa shape index (κ1) is 15.1. The van der Waals surface area contributed by atoms with Crippen molar-refractivity contribution in [3.05, 3.63) is 0 Å². The van der Waals surface area contributed by atoms with E-state index in [0.29, 0.717) is 0 Å². The number of nitrogens with one attached hydrogen (secondary N) is 1. The first-order chi connectivity index (χ1) is 6.99. The minimum Gasteiger partial charge on any atom is -0.314 e. The van der Waals surface area contributed by atoms with E-state index in [4.69, 9.17) is 0 Å². The Hall–Kier alpha value is 0.100. The van der Waals surface area contributed by atoms with Gasteiger partial charge in [0.2, 0.25) is 0 Å². The summed E-state index contributed by atoms with van der Waals surface area (Å²) in [6, 6.07) is 0.0130. The van der Waals surface area contributed by atoms with Gasteiger partial charge in [0, 0.05) is 12.5 Å². The van der Waals surface area contributed by atoms with Crippen molar-refractivity contribution in [3.63, 3.8) is 0 Å². The summed E-state index contributed by atoms with van der Waals surface area (Å²) in [4.78, 5) is 0. The summed E-state index contributed by atoms with van der Waals surface area (Å²) in [7, 11) is 0. The van der Waals surface area contributed by atoms with Crippen molar-refractivity contribution in [2.75, 3.05) is 18.6 Å². The second-order valence-electron chi connectivity index (χ2n) is 3.59. The fraction of sp³-hybridized carbons (Fsp3) is 1.00. The second kappa shape index (κ2) is 8.28. The minimum atomic E-state index is -4.02. The van der Waals surface area contributed by atoms with Crippen LogP contribution in [0.25, 0.3) is 0 Å². The predicted octanol–water partition coefficient (Wildman–Crippen LogP) is 3.45. The zero-order valence-corrected chi connectivity index (χ0v) is 10.2.